The number of hydrogen-bond acceptors (Lipinski definition) is 16. The molecule has 0 unspecified atom stereocenters. The molecule has 0 saturated heterocycles. The summed E-state index contributed by atoms with van der Waals surface area (Å²) < 4.78 is 34.3. The summed E-state index contributed by atoms with van der Waals surface area (Å²) in [5.74, 6) is 9.53. The molecule has 0 aromatic heterocycles. The molecule has 1 aromatic rings. The van der Waals surface area contributed by atoms with Crippen LogP contribution in [-0.4, -0.2) is 67.9 Å². The van der Waals surface area contributed by atoms with E-state index in [-0.39, 0.29) is 31.1 Å². The average molecular weight is 573 g/mol. The molecule has 1 rings (SSSR count). The number of carbonyl (C=O) groups is 5. The third kappa shape index (κ3) is 9.64. The van der Waals surface area contributed by atoms with Crippen LogP contribution >= 0.6 is 0 Å². The second-order valence-electron chi connectivity index (χ2n) is 8.34. The van der Waals surface area contributed by atoms with Crippen molar-refractivity contribution in [3.8, 4) is 5.75 Å². The summed E-state index contributed by atoms with van der Waals surface area (Å²) >= 11 is 0. The Balaban J connectivity index is 3.31. The maximum absolute atomic E-state index is 13.7. The number of rotatable bonds is 15. The minimum absolute atomic E-state index is 0.0128. The Kier molecular flexibility index (Phi) is 13.8. The van der Waals surface area contributed by atoms with E-state index >= 15 is 0 Å². The smallest absolute Gasteiger partial charge is 0.435 e. The third-order valence-electron chi connectivity index (χ3n) is 5.42. The number of nitrogens with two attached hydrogens (primary N) is 2. The van der Waals surface area contributed by atoms with Crippen LogP contribution in [0.1, 0.15) is 52.7 Å². The SMILES string of the molecule is CCOC(=O)OCOC(=O)[C@](C)(CC(=O)[C@@](C)(NN)[C@@H](OC(=O)OCC)c1cccc(OC(=O)OCC)c1)NN. The second kappa shape index (κ2) is 16.2. The fourth-order valence-corrected chi connectivity index (χ4v) is 3.19. The van der Waals surface area contributed by atoms with Crippen molar-refractivity contribution in [3.63, 3.8) is 0 Å². The number of nitrogens with one attached hydrogen (secondary N) is 2. The first-order valence-corrected chi connectivity index (χ1v) is 12.1. The van der Waals surface area contributed by atoms with Crippen molar-refractivity contribution in [1.29, 1.82) is 0 Å². The van der Waals surface area contributed by atoms with Gasteiger partial charge in [-0.15, -0.1) is 0 Å². The molecule has 0 aliphatic rings. The molecule has 1 aromatic carbocycles. The first kappa shape index (κ1) is 34.0. The molecular formula is C24H36N4O12. The summed E-state index contributed by atoms with van der Waals surface area (Å²) in [4.78, 5) is 61.8. The molecule has 0 heterocycles. The highest BCUT2D eigenvalue weighted by Gasteiger charge is 2.48. The lowest BCUT2D eigenvalue weighted by atomic mass is 9.80. The minimum atomic E-state index is -1.91. The molecule has 0 amide bonds. The van der Waals surface area contributed by atoms with Crippen molar-refractivity contribution >= 4 is 30.2 Å². The molecule has 224 valence electrons. The Labute approximate surface area is 230 Å². The van der Waals surface area contributed by atoms with E-state index in [1.165, 1.54) is 38.1 Å². The number of carbonyl (C=O) groups excluding carboxylic acids is 5. The zero-order valence-corrected chi connectivity index (χ0v) is 23.0. The number of Topliss-reactive ketones (excluding diaryl/α,β-unsaturated/α-hetero) is 1. The van der Waals surface area contributed by atoms with Crippen molar-refractivity contribution in [2.45, 2.75) is 58.2 Å². The summed E-state index contributed by atoms with van der Waals surface area (Å²) in [6, 6.07) is 5.71. The van der Waals surface area contributed by atoms with Crippen LogP contribution in [0.15, 0.2) is 24.3 Å². The predicted molar refractivity (Wildman–Crippen MR) is 135 cm³/mol. The largest absolute Gasteiger partial charge is 0.513 e. The van der Waals surface area contributed by atoms with Gasteiger partial charge in [0.15, 0.2) is 11.9 Å². The van der Waals surface area contributed by atoms with Gasteiger partial charge >= 0.3 is 24.4 Å². The zero-order valence-electron chi connectivity index (χ0n) is 23.0. The molecule has 16 heteroatoms. The number of benzene rings is 1. The topological polar surface area (TPSA) is 226 Å². The molecule has 0 aliphatic heterocycles. The molecule has 0 bridgehead atoms. The molecule has 16 nitrogen and oxygen atoms in total. The van der Waals surface area contributed by atoms with E-state index in [0.717, 1.165) is 0 Å². The van der Waals surface area contributed by atoms with Gasteiger partial charge < -0.3 is 33.2 Å². The van der Waals surface area contributed by atoms with E-state index in [4.69, 9.17) is 35.4 Å². The van der Waals surface area contributed by atoms with Crippen LogP contribution in [0.25, 0.3) is 0 Å². The molecule has 0 spiro atoms. The molecule has 0 saturated carbocycles. The van der Waals surface area contributed by atoms with E-state index in [0.29, 0.717) is 0 Å². The molecular weight excluding hydrogens is 536 g/mol. The van der Waals surface area contributed by atoms with Gasteiger partial charge in [0, 0.05) is 6.42 Å². The van der Waals surface area contributed by atoms with Gasteiger partial charge in [0.05, 0.1) is 19.8 Å². The summed E-state index contributed by atoms with van der Waals surface area (Å²) in [7, 11) is 0. The number of esters is 1. The summed E-state index contributed by atoms with van der Waals surface area (Å²) in [5.41, 5.74) is 0.958. The van der Waals surface area contributed by atoms with E-state index in [1.54, 1.807) is 20.8 Å². The lowest BCUT2D eigenvalue weighted by molar-refractivity contribution is -0.163. The van der Waals surface area contributed by atoms with Gasteiger partial charge in [-0.05, 0) is 52.3 Å². The van der Waals surface area contributed by atoms with Gasteiger partial charge in [0.2, 0.25) is 6.79 Å². The van der Waals surface area contributed by atoms with Crippen LogP contribution in [0, 0.1) is 0 Å². The summed E-state index contributed by atoms with van der Waals surface area (Å²) in [6.07, 6.45) is -5.30. The van der Waals surface area contributed by atoms with Crippen molar-refractivity contribution in [2.75, 3.05) is 26.6 Å². The van der Waals surface area contributed by atoms with Crippen molar-refractivity contribution in [2.24, 2.45) is 11.7 Å². The van der Waals surface area contributed by atoms with Gasteiger partial charge in [0.1, 0.15) is 16.8 Å². The molecule has 0 aliphatic carbocycles. The maximum atomic E-state index is 13.7. The van der Waals surface area contributed by atoms with Crippen molar-refractivity contribution in [1.82, 2.24) is 10.9 Å². The van der Waals surface area contributed by atoms with Gasteiger partial charge in [-0.25, -0.2) is 30.0 Å². The van der Waals surface area contributed by atoms with Crippen LogP contribution in [-0.2, 0) is 38.0 Å². The number of hydrazine groups is 2. The van der Waals surface area contributed by atoms with Crippen LogP contribution < -0.4 is 27.3 Å². The van der Waals surface area contributed by atoms with Crippen LogP contribution in [0.4, 0.5) is 14.4 Å². The third-order valence-corrected chi connectivity index (χ3v) is 5.42. The summed E-state index contributed by atoms with van der Waals surface area (Å²) in [5, 5.41) is 0. The normalized spacial score (nSPS) is 14.4. The van der Waals surface area contributed by atoms with Crippen molar-refractivity contribution < 1.29 is 57.1 Å². The first-order valence-electron chi connectivity index (χ1n) is 12.1. The Hall–Kier alpha value is -3.99. The molecule has 40 heavy (non-hydrogen) atoms. The van der Waals surface area contributed by atoms with Gasteiger partial charge in [0.25, 0.3) is 0 Å². The highest BCUT2D eigenvalue weighted by atomic mass is 16.8. The fourth-order valence-electron chi connectivity index (χ4n) is 3.19. The Morgan fingerprint density at radius 2 is 1.43 bits per heavy atom. The Morgan fingerprint density at radius 1 is 0.825 bits per heavy atom. The lowest BCUT2D eigenvalue weighted by Crippen LogP contribution is -2.62. The maximum Gasteiger partial charge on any atom is 0.513 e. The number of ketones is 1. The number of ether oxygens (including phenoxy) is 7. The van der Waals surface area contributed by atoms with Crippen LogP contribution in [0.3, 0.4) is 0 Å². The zero-order chi connectivity index (χ0) is 30.3. The summed E-state index contributed by atoms with van der Waals surface area (Å²) in [6.45, 7) is 6.53. The van der Waals surface area contributed by atoms with Gasteiger partial charge in [-0.2, -0.15) is 0 Å². The minimum Gasteiger partial charge on any atom is -0.435 e. The number of hydrogen-bond donors (Lipinski definition) is 4. The highest BCUT2D eigenvalue weighted by Crippen LogP contribution is 2.34. The van der Waals surface area contributed by atoms with Gasteiger partial charge in [-0.3, -0.25) is 16.5 Å². The quantitative estimate of drug-likeness (QED) is 0.0583. The Bertz CT molecular complexity index is 1040. The van der Waals surface area contributed by atoms with Gasteiger partial charge in [-0.1, -0.05) is 12.1 Å². The molecule has 3 atom stereocenters. The fraction of sp³-hybridized carbons (Fsp3) is 0.542. The van der Waals surface area contributed by atoms with E-state index in [9.17, 15) is 24.0 Å². The average Bonchev–Trinajstić information content (AvgIpc) is 2.91. The standard InChI is InChI=1S/C24H36N4O12/c1-6-34-20(31)38-14-37-19(30)23(4,27-25)13-17(29)24(5,28-26)18(40-22(33)36-8-3)15-10-9-11-16(12-15)39-21(32)35-7-2/h9-12,18,27-28H,6-8,13-14,25-26H2,1-5H3/t18-,23-,24+/m0/s1. The van der Waals surface area contributed by atoms with E-state index in [1.807, 2.05) is 0 Å². The monoisotopic (exact) mass is 572 g/mol. The highest BCUT2D eigenvalue weighted by molar-refractivity contribution is 5.95. The molecule has 6 N–H and O–H groups in total. The molecule has 0 fully saturated rings. The van der Waals surface area contributed by atoms with Crippen LogP contribution in [0.2, 0.25) is 0 Å². The van der Waals surface area contributed by atoms with Crippen LogP contribution in [0.5, 0.6) is 5.75 Å². The lowest BCUT2D eigenvalue weighted by Gasteiger charge is -2.37. The predicted octanol–water partition coefficient (Wildman–Crippen LogP) is 1.51. The van der Waals surface area contributed by atoms with Crippen molar-refractivity contribution in [3.05, 3.63) is 29.8 Å². The van der Waals surface area contributed by atoms with E-state index < -0.39 is 60.6 Å². The first-order chi connectivity index (χ1) is 18.9. The second-order valence-corrected chi connectivity index (χ2v) is 8.34. The molecule has 0 radical (unpaired) electrons. The Morgan fingerprint density at radius 3 is 2.00 bits per heavy atom. The van der Waals surface area contributed by atoms with E-state index in [2.05, 4.69) is 20.3 Å².